The summed E-state index contributed by atoms with van der Waals surface area (Å²) in [6.45, 7) is -0.0743. The van der Waals surface area contributed by atoms with E-state index in [-0.39, 0.29) is 4.91 Å². The van der Waals surface area contributed by atoms with Crippen molar-refractivity contribution in [3.05, 3.63) is 81.2 Å². The minimum Gasteiger partial charge on any atom is -0.488 e. The van der Waals surface area contributed by atoms with E-state index in [1.807, 2.05) is 54.6 Å². The number of nitrogens with zero attached hydrogens (tertiary/aromatic N) is 1. The number of carbonyl (C=O) groups is 3. The van der Waals surface area contributed by atoms with Crippen LogP contribution >= 0.6 is 27.7 Å². The molecule has 0 bridgehead atoms. The highest BCUT2D eigenvalue weighted by Gasteiger charge is 2.36. The molecule has 3 aromatic rings. The molecule has 4 rings (SSSR count). The zero-order valence-corrected chi connectivity index (χ0v) is 19.4. The molecule has 1 aliphatic rings. The van der Waals surface area contributed by atoms with Crippen LogP contribution in [-0.4, -0.2) is 35.7 Å². The van der Waals surface area contributed by atoms with Gasteiger partial charge >= 0.3 is 5.97 Å². The van der Waals surface area contributed by atoms with Crippen LogP contribution in [0.1, 0.15) is 11.1 Å². The van der Waals surface area contributed by atoms with Gasteiger partial charge < -0.3 is 9.47 Å². The van der Waals surface area contributed by atoms with E-state index in [1.54, 1.807) is 12.1 Å². The molecular weight excluding hydrogens is 494 g/mol. The fraction of sp³-hybridized carbons (Fsp3) is 0.125. The second kappa shape index (κ2) is 9.58. The number of methoxy groups -OCH3 is 1. The maximum Gasteiger partial charge on any atom is 0.325 e. The third-order valence-electron chi connectivity index (χ3n) is 4.91. The van der Waals surface area contributed by atoms with Crippen LogP contribution in [-0.2, 0) is 20.9 Å². The molecule has 8 heteroatoms. The van der Waals surface area contributed by atoms with Gasteiger partial charge in [0.2, 0.25) is 0 Å². The SMILES string of the molecule is COC(=O)CN1C(=O)S/C(=C\c2cc(Br)ccc2OCc2cccc3ccccc23)C1=O. The van der Waals surface area contributed by atoms with Gasteiger partial charge in [0.05, 0.1) is 12.0 Å². The number of ether oxygens (including phenoxy) is 2. The predicted molar refractivity (Wildman–Crippen MR) is 127 cm³/mol. The van der Waals surface area contributed by atoms with Gasteiger partial charge in [0.25, 0.3) is 11.1 Å². The quantitative estimate of drug-likeness (QED) is 0.326. The molecule has 32 heavy (non-hydrogen) atoms. The number of esters is 1. The van der Waals surface area contributed by atoms with Gasteiger partial charge in [0.15, 0.2) is 0 Å². The lowest BCUT2D eigenvalue weighted by molar-refractivity contribution is -0.143. The van der Waals surface area contributed by atoms with E-state index >= 15 is 0 Å². The summed E-state index contributed by atoms with van der Waals surface area (Å²) in [5.74, 6) is -0.624. The predicted octanol–water partition coefficient (Wildman–Crippen LogP) is 5.39. The molecule has 0 aliphatic carbocycles. The van der Waals surface area contributed by atoms with E-state index in [0.717, 1.165) is 37.5 Å². The van der Waals surface area contributed by atoms with Crippen molar-refractivity contribution in [2.45, 2.75) is 6.61 Å². The van der Waals surface area contributed by atoms with Crippen LogP contribution in [0.5, 0.6) is 5.75 Å². The number of rotatable bonds is 6. The van der Waals surface area contributed by atoms with Crippen molar-refractivity contribution in [3.8, 4) is 5.75 Å². The van der Waals surface area contributed by atoms with E-state index in [2.05, 4.69) is 20.7 Å². The fourth-order valence-corrected chi connectivity index (χ4v) is 4.52. The first-order chi connectivity index (χ1) is 15.5. The summed E-state index contributed by atoms with van der Waals surface area (Å²) in [5, 5.41) is 1.72. The number of thioether (sulfide) groups is 1. The highest BCUT2D eigenvalue weighted by atomic mass is 79.9. The van der Waals surface area contributed by atoms with E-state index in [0.29, 0.717) is 17.9 Å². The highest BCUT2D eigenvalue weighted by molar-refractivity contribution is 9.10. The second-order valence-electron chi connectivity index (χ2n) is 6.95. The largest absolute Gasteiger partial charge is 0.488 e. The Hall–Kier alpha value is -3.10. The van der Waals surface area contributed by atoms with E-state index in [1.165, 1.54) is 7.11 Å². The second-order valence-corrected chi connectivity index (χ2v) is 8.86. The van der Waals surface area contributed by atoms with Crippen molar-refractivity contribution in [1.82, 2.24) is 4.90 Å². The molecule has 0 unspecified atom stereocenters. The maximum atomic E-state index is 12.6. The van der Waals surface area contributed by atoms with Crippen molar-refractivity contribution < 1.29 is 23.9 Å². The molecule has 1 saturated heterocycles. The molecule has 0 spiro atoms. The first kappa shape index (κ1) is 22.1. The fourth-order valence-electron chi connectivity index (χ4n) is 3.31. The van der Waals surface area contributed by atoms with Crippen LogP contribution in [0, 0.1) is 0 Å². The Kier molecular flexibility index (Phi) is 6.62. The number of hydrogen-bond donors (Lipinski definition) is 0. The monoisotopic (exact) mass is 511 g/mol. The standard InChI is InChI=1S/C24H18BrNO5S/c1-30-22(27)13-26-23(28)21(32-24(26)29)12-17-11-18(25)9-10-20(17)31-14-16-7-4-6-15-5-2-3-8-19(15)16/h2-12H,13-14H2,1H3/b21-12-. The number of benzene rings is 3. The third-order valence-corrected chi connectivity index (χ3v) is 6.31. The van der Waals surface area contributed by atoms with Crippen molar-refractivity contribution in [2.75, 3.05) is 13.7 Å². The summed E-state index contributed by atoms with van der Waals surface area (Å²) in [4.78, 5) is 37.5. The van der Waals surface area contributed by atoms with Gasteiger partial charge in [-0.2, -0.15) is 0 Å². The Bertz CT molecular complexity index is 1250. The number of carbonyl (C=O) groups excluding carboxylic acids is 3. The van der Waals surface area contributed by atoms with Crippen LogP contribution in [0.25, 0.3) is 16.8 Å². The average molecular weight is 512 g/mol. The Morgan fingerprint density at radius 1 is 1.09 bits per heavy atom. The minimum atomic E-state index is -0.657. The molecule has 1 aliphatic heterocycles. The molecule has 6 nitrogen and oxygen atoms in total. The molecular formula is C24H18BrNO5S. The summed E-state index contributed by atoms with van der Waals surface area (Å²) in [7, 11) is 1.21. The number of amides is 2. The Morgan fingerprint density at radius 2 is 1.88 bits per heavy atom. The lowest BCUT2D eigenvalue weighted by Gasteiger charge is -2.12. The van der Waals surface area contributed by atoms with E-state index < -0.39 is 23.7 Å². The Morgan fingerprint density at radius 3 is 2.69 bits per heavy atom. The number of imide groups is 1. The molecule has 0 radical (unpaired) electrons. The zero-order chi connectivity index (χ0) is 22.7. The molecule has 162 valence electrons. The summed E-state index contributed by atoms with van der Waals surface area (Å²) < 4.78 is 11.5. The summed E-state index contributed by atoms with van der Waals surface area (Å²) in [5.41, 5.74) is 1.68. The van der Waals surface area contributed by atoms with Crippen LogP contribution in [0.2, 0.25) is 0 Å². The van der Waals surface area contributed by atoms with Crippen molar-refractivity contribution >= 4 is 61.7 Å². The maximum absolute atomic E-state index is 12.6. The van der Waals surface area contributed by atoms with Crippen molar-refractivity contribution in [2.24, 2.45) is 0 Å². The topological polar surface area (TPSA) is 72.9 Å². The number of halogens is 1. The van der Waals surface area contributed by atoms with Gasteiger partial charge in [0, 0.05) is 10.0 Å². The molecule has 0 N–H and O–H groups in total. The average Bonchev–Trinajstić information content (AvgIpc) is 3.05. The molecule has 0 atom stereocenters. The highest BCUT2D eigenvalue weighted by Crippen LogP contribution is 2.35. The van der Waals surface area contributed by atoms with Crippen molar-refractivity contribution in [1.29, 1.82) is 0 Å². The van der Waals surface area contributed by atoms with Gasteiger partial charge in [-0.25, -0.2) is 0 Å². The summed E-state index contributed by atoms with van der Waals surface area (Å²) >= 11 is 4.22. The normalized spacial score (nSPS) is 14.9. The molecule has 1 heterocycles. The minimum absolute atomic E-state index is 0.215. The van der Waals surface area contributed by atoms with Gasteiger partial charge in [-0.3, -0.25) is 19.3 Å². The lowest BCUT2D eigenvalue weighted by atomic mass is 10.1. The molecule has 0 aromatic heterocycles. The van der Waals surface area contributed by atoms with E-state index in [9.17, 15) is 14.4 Å². The van der Waals surface area contributed by atoms with Crippen LogP contribution in [0.3, 0.4) is 0 Å². The zero-order valence-electron chi connectivity index (χ0n) is 17.0. The van der Waals surface area contributed by atoms with E-state index in [4.69, 9.17) is 4.74 Å². The lowest BCUT2D eigenvalue weighted by Crippen LogP contribution is -2.34. The molecule has 2 amide bonds. The number of fused-ring (bicyclic) bond motifs is 1. The van der Waals surface area contributed by atoms with Crippen molar-refractivity contribution in [3.63, 3.8) is 0 Å². The van der Waals surface area contributed by atoms with Crippen LogP contribution < -0.4 is 4.74 Å². The molecule has 3 aromatic carbocycles. The summed E-state index contributed by atoms with van der Waals surface area (Å²) in [6.07, 6.45) is 1.60. The van der Waals surface area contributed by atoms with Crippen LogP contribution in [0.4, 0.5) is 4.79 Å². The summed E-state index contributed by atoms with van der Waals surface area (Å²) in [6, 6.07) is 19.6. The van der Waals surface area contributed by atoms with Crippen LogP contribution in [0.15, 0.2) is 70.0 Å². The number of hydrogen-bond acceptors (Lipinski definition) is 6. The Labute approximate surface area is 197 Å². The first-order valence-corrected chi connectivity index (χ1v) is 11.3. The third kappa shape index (κ3) is 4.71. The first-order valence-electron chi connectivity index (χ1n) is 9.67. The van der Waals surface area contributed by atoms with Gasteiger partial charge in [-0.1, -0.05) is 58.4 Å². The molecule has 0 saturated carbocycles. The van der Waals surface area contributed by atoms with Gasteiger partial charge in [-0.05, 0) is 52.4 Å². The Balaban J connectivity index is 1.59. The van der Waals surface area contributed by atoms with Gasteiger partial charge in [-0.15, -0.1) is 0 Å². The smallest absolute Gasteiger partial charge is 0.325 e. The van der Waals surface area contributed by atoms with Gasteiger partial charge in [0.1, 0.15) is 18.9 Å². The molecule has 1 fully saturated rings.